The number of fused-ring (bicyclic) bond motifs is 1. The molecule has 1 N–H and O–H groups in total. The molecule has 1 aliphatic rings. The van der Waals surface area contributed by atoms with E-state index in [2.05, 4.69) is 0 Å². The van der Waals surface area contributed by atoms with Crippen molar-refractivity contribution >= 4 is 5.97 Å². The van der Waals surface area contributed by atoms with Gasteiger partial charge in [-0.15, -0.1) is 0 Å². The molecule has 5 heteroatoms. The maximum absolute atomic E-state index is 10.6. The number of hydrogen-bond donors (Lipinski definition) is 1. The van der Waals surface area contributed by atoms with Crippen molar-refractivity contribution in [1.82, 2.24) is 0 Å². The number of aliphatic carboxylic acids is 1. The number of carboxylic acids is 1. The Bertz CT molecular complexity index is 435. The lowest BCUT2D eigenvalue weighted by Gasteiger charge is -2.17. The molecule has 0 amide bonds. The fourth-order valence-electron chi connectivity index (χ4n) is 1.19. The molecule has 0 aromatic heterocycles. The van der Waals surface area contributed by atoms with Crippen molar-refractivity contribution in [2.75, 3.05) is 7.11 Å². The average Bonchev–Trinajstić information content (AvgIpc) is 2.27. The second-order valence-electron chi connectivity index (χ2n) is 2.79. The van der Waals surface area contributed by atoms with E-state index in [1.807, 2.05) is 0 Å². The summed E-state index contributed by atoms with van der Waals surface area (Å²) in [4.78, 5) is 10.6. The quantitative estimate of drug-likeness (QED) is 0.795. The minimum atomic E-state index is -1.19. The van der Waals surface area contributed by atoms with Gasteiger partial charge in [-0.3, -0.25) is 0 Å². The molecule has 5 nitrogen and oxygen atoms in total. The molecule has 0 saturated carbocycles. The number of carbonyl (C=O) groups is 1. The third-order valence-electron chi connectivity index (χ3n) is 1.88. The van der Waals surface area contributed by atoms with Gasteiger partial charge >= 0.3 is 5.97 Å². The van der Waals surface area contributed by atoms with Crippen molar-refractivity contribution in [3.05, 3.63) is 30.2 Å². The minimum Gasteiger partial charge on any atom is -0.493 e. The molecule has 1 aromatic carbocycles. The first-order valence-corrected chi connectivity index (χ1v) is 4.17. The molecule has 0 bridgehead atoms. The molecule has 2 rings (SSSR count). The molecule has 0 fully saturated rings. The van der Waals surface area contributed by atoms with E-state index in [-0.39, 0.29) is 11.5 Å². The van der Waals surface area contributed by atoms with E-state index < -0.39 is 5.97 Å². The molecule has 0 unspecified atom stereocenters. The summed E-state index contributed by atoms with van der Waals surface area (Å²) in [6.07, 6.45) is 1.05. The maximum Gasteiger partial charge on any atom is 0.375 e. The molecule has 0 saturated heterocycles. The SMILES string of the molecule is COc1cccc2c1OC(C(=O)O)=CO2. The standard InChI is InChI=1S/C10H8O5/c1-13-6-3-2-4-7-9(6)15-8(5-14-7)10(11)12/h2-5H,1H3,(H,11,12). The Labute approximate surface area is 85.5 Å². The fourth-order valence-corrected chi connectivity index (χ4v) is 1.19. The second-order valence-corrected chi connectivity index (χ2v) is 2.79. The molecule has 0 radical (unpaired) electrons. The van der Waals surface area contributed by atoms with Gasteiger partial charge in [-0.1, -0.05) is 6.07 Å². The first-order valence-electron chi connectivity index (χ1n) is 4.17. The molecule has 15 heavy (non-hydrogen) atoms. The van der Waals surface area contributed by atoms with Crippen molar-refractivity contribution in [1.29, 1.82) is 0 Å². The van der Waals surface area contributed by atoms with Gasteiger partial charge in [0.1, 0.15) is 6.26 Å². The van der Waals surface area contributed by atoms with Crippen molar-refractivity contribution < 1.29 is 24.1 Å². The lowest BCUT2D eigenvalue weighted by atomic mass is 10.3. The van der Waals surface area contributed by atoms with Gasteiger partial charge in [0, 0.05) is 0 Å². The van der Waals surface area contributed by atoms with Crippen LogP contribution < -0.4 is 14.2 Å². The topological polar surface area (TPSA) is 65.0 Å². The number of rotatable bonds is 2. The summed E-state index contributed by atoms with van der Waals surface area (Å²) >= 11 is 0. The highest BCUT2D eigenvalue weighted by Crippen LogP contribution is 2.40. The maximum atomic E-state index is 10.6. The number of ether oxygens (including phenoxy) is 3. The highest BCUT2D eigenvalue weighted by Gasteiger charge is 2.22. The minimum absolute atomic E-state index is 0.271. The molecular formula is C10H8O5. The van der Waals surface area contributed by atoms with Gasteiger partial charge in [0.2, 0.25) is 11.5 Å². The summed E-state index contributed by atoms with van der Waals surface area (Å²) in [5.41, 5.74) is 0. The number of para-hydroxylation sites is 1. The summed E-state index contributed by atoms with van der Waals surface area (Å²) in [5.74, 6) is -0.322. The first-order chi connectivity index (χ1) is 7.22. The predicted octanol–water partition coefficient (Wildman–Crippen LogP) is 1.39. The largest absolute Gasteiger partial charge is 0.493 e. The van der Waals surface area contributed by atoms with Gasteiger partial charge in [-0.2, -0.15) is 0 Å². The Morgan fingerprint density at radius 2 is 2.27 bits per heavy atom. The predicted molar refractivity (Wildman–Crippen MR) is 50.0 cm³/mol. The van der Waals surface area contributed by atoms with Crippen LogP contribution in [0.4, 0.5) is 0 Å². The van der Waals surface area contributed by atoms with Gasteiger partial charge in [0.15, 0.2) is 11.5 Å². The van der Waals surface area contributed by atoms with E-state index in [0.717, 1.165) is 6.26 Å². The van der Waals surface area contributed by atoms with Crippen LogP contribution in [0.25, 0.3) is 0 Å². The van der Waals surface area contributed by atoms with Crippen molar-refractivity contribution in [2.45, 2.75) is 0 Å². The van der Waals surface area contributed by atoms with E-state index in [0.29, 0.717) is 11.5 Å². The van der Waals surface area contributed by atoms with Crippen molar-refractivity contribution in [3.63, 3.8) is 0 Å². The molecule has 0 aliphatic carbocycles. The van der Waals surface area contributed by atoms with Crippen molar-refractivity contribution in [3.8, 4) is 17.2 Å². The number of hydrogen-bond acceptors (Lipinski definition) is 4. The van der Waals surface area contributed by atoms with Gasteiger partial charge in [0.25, 0.3) is 0 Å². The summed E-state index contributed by atoms with van der Waals surface area (Å²) in [6.45, 7) is 0. The smallest absolute Gasteiger partial charge is 0.375 e. The fraction of sp³-hybridized carbons (Fsp3) is 0.100. The van der Waals surface area contributed by atoms with Crippen LogP contribution in [-0.4, -0.2) is 18.2 Å². The summed E-state index contributed by atoms with van der Waals surface area (Å²) in [6, 6.07) is 5.04. The normalized spacial score (nSPS) is 13.0. The molecule has 1 heterocycles. The lowest BCUT2D eigenvalue weighted by molar-refractivity contribution is -0.135. The van der Waals surface area contributed by atoms with E-state index in [4.69, 9.17) is 19.3 Å². The van der Waals surface area contributed by atoms with E-state index in [9.17, 15) is 4.79 Å². The zero-order valence-electron chi connectivity index (χ0n) is 7.89. The third-order valence-corrected chi connectivity index (χ3v) is 1.88. The van der Waals surface area contributed by atoms with Crippen LogP contribution >= 0.6 is 0 Å². The molecule has 78 valence electrons. The highest BCUT2D eigenvalue weighted by molar-refractivity contribution is 5.85. The van der Waals surface area contributed by atoms with Crippen LogP contribution in [0.3, 0.4) is 0 Å². The van der Waals surface area contributed by atoms with E-state index >= 15 is 0 Å². The molecule has 0 atom stereocenters. The molecule has 1 aliphatic heterocycles. The van der Waals surface area contributed by atoms with Crippen LogP contribution in [0.15, 0.2) is 30.2 Å². The van der Waals surface area contributed by atoms with Crippen LogP contribution in [0.2, 0.25) is 0 Å². The van der Waals surface area contributed by atoms with Gasteiger partial charge in [0.05, 0.1) is 7.11 Å². The van der Waals surface area contributed by atoms with Gasteiger partial charge in [-0.05, 0) is 12.1 Å². The lowest BCUT2D eigenvalue weighted by Crippen LogP contribution is -2.13. The van der Waals surface area contributed by atoms with Crippen LogP contribution in [-0.2, 0) is 4.79 Å². The van der Waals surface area contributed by atoms with E-state index in [1.165, 1.54) is 7.11 Å². The van der Waals surface area contributed by atoms with E-state index in [1.54, 1.807) is 18.2 Å². The van der Waals surface area contributed by atoms with Crippen molar-refractivity contribution in [2.24, 2.45) is 0 Å². The van der Waals surface area contributed by atoms with Crippen LogP contribution in [0, 0.1) is 0 Å². The Hall–Kier alpha value is -2.17. The molecule has 1 aromatic rings. The summed E-state index contributed by atoms with van der Waals surface area (Å²) < 4.78 is 15.2. The number of carboxylic acid groups (broad SMARTS) is 1. The molecular weight excluding hydrogens is 200 g/mol. The van der Waals surface area contributed by atoms with Crippen LogP contribution in [0.1, 0.15) is 0 Å². The zero-order chi connectivity index (χ0) is 10.8. The second kappa shape index (κ2) is 3.53. The Morgan fingerprint density at radius 1 is 1.47 bits per heavy atom. The monoisotopic (exact) mass is 208 g/mol. The Balaban J connectivity index is 2.40. The summed E-state index contributed by atoms with van der Waals surface area (Å²) in [5, 5.41) is 8.71. The highest BCUT2D eigenvalue weighted by atomic mass is 16.6. The summed E-state index contributed by atoms with van der Waals surface area (Å²) in [7, 11) is 1.47. The zero-order valence-corrected chi connectivity index (χ0v) is 7.89. The van der Waals surface area contributed by atoms with Gasteiger partial charge in [-0.25, -0.2) is 4.79 Å². The third kappa shape index (κ3) is 1.59. The number of benzene rings is 1. The number of methoxy groups -OCH3 is 1. The molecule has 0 spiro atoms. The Kier molecular flexibility index (Phi) is 2.21. The van der Waals surface area contributed by atoms with Crippen LogP contribution in [0.5, 0.6) is 17.2 Å². The van der Waals surface area contributed by atoms with Gasteiger partial charge < -0.3 is 19.3 Å². The Morgan fingerprint density at radius 3 is 2.93 bits per heavy atom. The first kappa shape index (κ1) is 9.39. The average molecular weight is 208 g/mol.